The lowest BCUT2D eigenvalue weighted by Gasteiger charge is -2.23. The van der Waals surface area contributed by atoms with Crippen LogP contribution in [-0.4, -0.2) is 18.5 Å². The molecule has 1 heterocycles. The maximum absolute atomic E-state index is 13.1. The number of alkyl halides is 3. The van der Waals surface area contributed by atoms with Crippen molar-refractivity contribution in [2.45, 2.75) is 25.6 Å². The fourth-order valence-corrected chi connectivity index (χ4v) is 2.58. The van der Waals surface area contributed by atoms with Crippen molar-refractivity contribution in [3.63, 3.8) is 0 Å². The first kappa shape index (κ1) is 14.2. The van der Waals surface area contributed by atoms with E-state index in [0.717, 1.165) is 6.07 Å². The van der Waals surface area contributed by atoms with Gasteiger partial charge >= 0.3 is 6.18 Å². The van der Waals surface area contributed by atoms with Gasteiger partial charge < -0.3 is 10.6 Å². The van der Waals surface area contributed by atoms with Gasteiger partial charge in [0.25, 0.3) is 0 Å². The van der Waals surface area contributed by atoms with Crippen molar-refractivity contribution in [3.8, 4) is 6.07 Å². The van der Waals surface area contributed by atoms with Gasteiger partial charge in [0.2, 0.25) is 5.91 Å². The number of hydrogen-bond donors (Lipinski definition) is 1. The van der Waals surface area contributed by atoms with Gasteiger partial charge in [0.15, 0.2) is 0 Å². The van der Waals surface area contributed by atoms with Gasteiger partial charge in [0.05, 0.1) is 23.7 Å². The highest BCUT2D eigenvalue weighted by Crippen LogP contribution is 2.43. The molecule has 2 N–H and O–H groups in total. The third-order valence-corrected chi connectivity index (χ3v) is 3.36. The zero-order chi connectivity index (χ0) is 15.1. The fraction of sp³-hybridized carbons (Fsp3) is 0.385. The Morgan fingerprint density at radius 2 is 2.20 bits per heavy atom. The van der Waals surface area contributed by atoms with Gasteiger partial charge in [-0.1, -0.05) is 0 Å². The monoisotopic (exact) mass is 283 g/mol. The molecule has 1 aromatic carbocycles. The van der Waals surface area contributed by atoms with E-state index in [-0.39, 0.29) is 24.6 Å². The first-order chi connectivity index (χ1) is 9.25. The quantitative estimate of drug-likeness (QED) is 0.900. The normalized spacial score (nSPS) is 17.8. The minimum absolute atomic E-state index is 0.0605. The Morgan fingerprint density at radius 1 is 1.55 bits per heavy atom. The number of nitrogens with two attached hydrogens (primary N) is 1. The van der Waals surface area contributed by atoms with Crippen molar-refractivity contribution in [1.82, 2.24) is 0 Å². The van der Waals surface area contributed by atoms with E-state index in [1.807, 2.05) is 0 Å². The molecular weight excluding hydrogens is 271 g/mol. The molecule has 0 spiro atoms. The van der Waals surface area contributed by atoms with E-state index in [0.29, 0.717) is 5.69 Å². The molecule has 7 heteroatoms. The van der Waals surface area contributed by atoms with Gasteiger partial charge in [-0.15, -0.1) is 0 Å². The summed E-state index contributed by atoms with van der Waals surface area (Å²) in [6.07, 6.45) is -4.47. The van der Waals surface area contributed by atoms with Crippen LogP contribution < -0.4 is 10.6 Å². The molecule has 1 unspecified atom stereocenters. The lowest BCUT2D eigenvalue weighted by molar-refractivity contribution is -0.138. The highest BCUT2D eigenvalue weighted by molar-refractivity contribution is 5.81. The number of carbonyl (C=O) groups excluding carboxylic acids is 1. The first-order valence-corrected chi connectivity index (χ1v) is 5.93. The number of nitriles is 1. The molecule has 0 fully saturated rings. The second-order valence-corrected chi connectivity index (χ2v) is 4.74. The summed E-state index contributed by atoms with van der Waals surface area (Å²) in [5.74, 6) is -0.609. The number of fused-ring (bicyclic) bond motifs is 1. The minimum atomic E-state index is -4.60. The molecule has 1 atom stereocenters. The number of rotatable bonds is 2. The molecule has 0 aliphatic carbocycles. The summed E-state index contributed by atoms with van der Waals surface area (Å²) in [4.78, 5) is 12.6. The Bertz CT molecular complexity index is 604. The number of anilines is 1. The molecule has 1 aliphatic rings. The predicted molar refractivity (Wildman–Crippen MR) is 65.9 cm³/mol. The van der Waals surface area contributed by atoms with Gasteiger partial charge in [-0.05, 0) is 31.0 Å². The molecule has 2 rings (SSSR count). The third-order valence-electron chi connectivity index (χ3n) is 3.36. The van der Waals surface area contributed by atoms with Crippen molar-refractivity contribution in [2.75, 3.05) is 11.4 Å². The lowest BCUT2D eigenvalue weighted by atomic mass is 9.98. The molecule has 20 heavy (non-hydrogen) atoms. The molecule has 106 valence electrons. The predicted octanol–water partition coefficient (Wildman–Crippen LogP) is 1.81. The van der Waals surface area contributed by atoms with Crippen LogP contribution in [0.3, 0.4) is 0 Å². The van der Waals surface area contributed by atoms with E-state index in [2.05, 4.69) is 0 Å². The highest BCUT2D eigenvalue weighted by atomic mass is 19.4. The minimum Gasteiger partial charge on any atom is -0.368 e. The molecule has 1 amide bonds. The molecule has 0 aromatic heterocycles. The van der Waals surface area contributed by atoms with Gasteiger partial charge in [-0.25, -0.2) is 0 Å². The van der Waals surface area contributed by atoms with Crippen LogP contribution in [0.25, 0.3) is 0 Å². The van der Waals surface area contributed by atoms with Crippen molar-refractivity contribution in [1.29, 1.82) is 5.26 Å². The van der Waals surface area contributed by atoms with Crippen LogP contribution in [0.5, 0.6) is 0 Å². The van der Waals surface area contributed by atoms with Crippen molar-refractivity contribution in [2.24, 2.45) is 5.73 Å². The number of halogens is 3. The van der Waals surface area contributed by atoms with E-state index >= 15 is 0 Å². The molecule has 0 saturated carbocycles. The Balaban J connectivity index is 2.60. The zero-order valence-corrected chi connectivity index (χ0v) is 10.7. The van der Waals surface area contributed by atoms with E-state index < -0.39 is 23.2 Å². The smallest absolute Gasteiger partial charge is 0.368 e. The van der Waals surface area contributed by atoms with Gasteiger partial charge in [0, 0.05) is 11.7 Å². The van der Waals surface area contributed by atoms with Crippen LogP contribution in [-0.2, 0) is 17.4 Å². The SMILES string of the molecule is CC1Cc2c(ccc(C#N)c2C(F)(F)F)N1CC(N)=O. The summed E-state index contributed by atoms with van der Waals surface area (Å²) < 4.78 is 39.4. The Morgan fingerprint density at radius 3 is 2.70 bits per heavy atom. The van der Waals surface area contributed by atoms with Crippen molar-refractivity contribution < 1.29 is 18.0 Å². The number of primary amides is 1. The first-order valence-electron chi connectivity index (χ1n) is 5.93. The van der Waals surface area contributed by atoms with Gasteiger partial charge in [0.1, 0.15) is 0 Å². The second kappa shape index (κ2) is 4.71. The Labute approximate surface area is 113 Å². The van der Waals surface area contributed by atoms with Crippen LogP contribution in [0.2, 0.25) is 0 Å². The lowest BCUT2D eigenvalue weighted by Crippen LogP contribution is -2.37. The van der Waals surface area contributed by atoms with E-state index in [9.17, 15) is 18.0 Å². The highest BCUT2D eigenvalue weighted by Gasteiger charge is 2.41. The topological polar surface area (TPSA) is 70.1 Å². The zero-order valence-electron chi connectivity index (χ0n) is 10.7. The molecule has 0 bridgehead atoms. The summed E-state index contributed by atoms with van der Waals surface area (Å²) in [5.41, 5.74) is 4.19. The number of nitrogens with zero attached hydrogens (tertiary/aromatic N) is 2. The standard InChI is InChI=1S/C13H12F3N3O/c1-7-4-9-10(19(7)6-11(18)20)3-2-8(5-17)12(9)13(14,15)16/h2-3,7H,4,6H2,1H3,(H2,18,20). The number of amides is 1. The maximum Gasteiger partial charge on any atom is 0.418 e. The van der Waals surface area contributed by atoms with Crippen LogP contribution >= 0.6 is 0 Å². The molecular formula is C13H12F3N3O. The molecule has 1 aromatic rings. The van der Waals surface area contributed by atoms with Crippen molar-refractivity contribution >= 4 is 11.6 Å². The Hall–Kier alpha value is -2.23. The van der Waals surface area contributed by atoms with Crippen LogP contribution in [0.1, 0.15) is 23.6 Å². The molecule has 0 radical (unpaired) electrons. The molecule has 1 aliphatic heterocycles. The van der Waals surface area contributed by atoms with Gasteiger partial charge in [-0.2, -0.15) is 18.4 Å². The van der Waals surface area contributed by atoms with E-state index in [1.165, 1.54) is 11.0 Å². The number of carbonyl (C=O) groups is 1. The second-order valence-electron chi connectivity index (χ2n) is 4.74. The summed E-state index contributed by atoms with van der Waals surface area (Å²) in [7, 11) is 0. The molecule has 0 saturated heterocycles. The van der Waals surface area contributed by atoms with Gasteiger partial charge in [-0.3, -0.25) is 4.79 Å². The summed E-state index contributed by atoms with van der Waals surface area (Å²) in [5, 5.41) is 8.85. The summed E-state index contributed by atoms with van der Waals surface area (Å²) in [6.45, 7) is 1.58. The number of hydrogen-bond acceptors (Lipinski definition) is 3. The van der Waals surface area contributed by atoms with Crippen LogP contribution in [0.15, 0.2) is 12.1 Å². The molecule has 4 nitrogen and oxygen atoms in total. The maximum atomic E-state index is 13.1. The summed E-state index contributed by atoms with van der Waals surface area (Å²) in [6, 6.07) is 3.87. The van der Waals surface area contributed by atoms with E-state index in [1.54, 1.807) is 13.0 Å². The Kier molecular flexibility index (Phi) is 3.34. The van der Waals surface area contributed by atoms with Crippen LogP contribution in [0, 0.1) is 11.3 Å². The number of benzene rings is 1. The van der Waals surface area contributed by atoms with E-state index in [4.69, 9.17) is 11.0 Å². The van der Waals surface area contributed by atoms with Crippen LogP contribution in [0.4, 0.5) is 18.9 Å². The van der Waals surface area contributed by atoms with Crippen molar-refractivity contribution in [3.05, 3.63) is 28.8 Å². The fourth-order valence-electron chi connectivity index (χ4n) is 2.58. The average Bonchev–Trinajstić information content (AvgIpc) is 2.62. The largest absolute Gasteiger partial charge is 0.418 e. The third kappa shape index (κ3) is 2.29. The summed E-state index contributed by atoms with van der Waals surface area (Å²) >= 11 is 0. The average molecular weight is 283 g/mol.